The van der Waals surface area contributed by atoms with Crippen LogP contribution < -0.4 is 11.5 Å². The van der Waals surface area contributed by atoms with Gasteiger partial charge >= 0.3 is 5.97 Å². The van der Waals surface area contributed by atoms with Crippen molar-refractivity contribution in [1.29, 1.82) is 0 Å². The highest BCUT2D eigenvalue weighted by Gasteiger charge is 2.66. The highest BCUT2D eigenvalue weighted by Crippen LogP contribution is 2.71. The summed E-state index contributed by atoms with van der Waals surface area (Å²) in [5, 5.41) is 0. The molecule has 6 rings (SSSR count). The van der Waals surface area contributed by atoms with Crippen molar-refractivity contribution in [2.45, 2.75) is 37.0 Å². The van der Waals surface area contributed by atoms with Gasteiger partial charge in [0.15, 0.2) is 0 Å². The lowest BCUT2D eigenvalue weighted by atomic mass is 9.42. The number of nitrogen functional groups attached to an aromatic ring is 2. The number of hydrogen-bond donors (Lipinski definition) is 2. The van der Waals surface area contributed by atoms with Crippen molar-refractivity contribution < 1.29 is 9.53 Å². The van der Waals surface area contributed by atoms with E-state index in [-0.39, 0.29) is 22.7 Å². The normalized spacial score (nSPS) is 27.0. The summed E-state index contributed by atoms with van der Waals surface area (Å²) < 4.78 is 5.74. The third-order valence-electron chi connectivity index (χ3n) is 6.72. The Hall–Kier alpha value is -2.49. The summed E-state index contributed by atoms with van der Waals surface area (Å²) in [5.41, 5.74) is 17.2. The number of benzene rings is 1. The second-order valence-electron chi connectivity index (χ2n) is 7.52. The Morgan fingerprint density at radius 2 is 1.80 bits per heavy atom. The minimum Gasteiger partial charge on any atom is -0.461 e. The van der Waals surface area contributed by atoms with Gasteiger partial charge in [-0.2, -0.15) is 0 Å². The second-order valence-corrected chi connectivity index (χ2v) is 7.52. The Morgan fingerprint density at radius 1 is 1.12 bits per heavy atom. The molecular weight excluding hydrogens is 312 g/mol. The van der Waals surface area contributed by atoms with Gasteiger partial charge in [0.05, 0.1) is 12.2 Å². The monoisotopic (exact) mass is 336 g/mol. The predicted molar refractivity (Wildman–Crippen MR) is 101 cm³/mol. The van der Waals surface area contributed by atoms with E-state index in [1.54, 1.807) is 0 Å². The Kier molecular flexibility index (Phi) is 3.21. The van der Waals surface area contributed by atoms with Crippen LogP contribution in [0.25, 0.3) is 0 Å². The van der Waals surface area contributed by atoms with E-state index in [1.807, 2.05) is 18.2 Å². The van der Waals surface area contributed by atoms with Crippen molar-refractivity contribution >= 4 is 17.3 Å². The molecule has 4 heteroatoms. The number of carbonyl (C=O) groups is 1. The first kappa shape index (κ1) is 16.0. The van der Waals surface area contributed by atoms with Crippen molar-refractivity contribution in [1.82, 2.24) is 0 Å². The maximum Gasteiger partial charge on any atom is 0.338 e. The van der Waals surface area contributed by atoms with E-state index in [4.69, 9.17) is 16.2 Å². The maximum absolute atomic E-state index is 12.8. The third kappa shape index (κ3) is 1.56. The number of esters is 1. The summed E-state index contributed by atoms with van der Waals surface area (Å²) in [6, 6.07) is 0. The molecule has 5 aliphatic rings. The fraction of sp³-hybridized carbons (Fsp3) is 0.381. The molecule has 5 bridgehead atoms. The SMILES string of the molecule is C=CCC1c2c(N)c3c4c(c2N)C(CC=C)(CC=C)C1(COC4=O)C3. The first-order chi connectivity index (χ1) is 12.0. The van der Waals surface area contributed by atoms with Gasteiger partial charge in [0, 0.05) is 33.7 Å². The standard InChI is InChI=1S/C21H24N2O2/c1-4-7-13-15-17(22)12-10-21(13)11-25-19(24)14(12)16(18(15)23)20(21,8-5-2)9-6-3/h4-6,13H,1-3,7-11,22-23H2. The number of ether oxygens (including phenoxy) is 1. The molecule has 2 atom stereocenters. The highest BCUT2D eigenvalue weighted by molar-refractivity contribution is 6.01. The lowest BCUT2D eigenvalue weighted by Crippen LogP contribution is -2.58. The summed E-state index contributed by atoms with van der Waals surface area (Å²) >= 11 is 0. The average Bonchev–Trinajstić information content (AvgIpc) is 2.75. The summed E-state index contributed by atoms with van der Waals surface area (Å²) in [5.74, 6) is -0.212. The molecule has 0 radical (unpaired) electrons. The quantitative estimate of drug-likeness (QED) is 0.472. The molecular formula is C21H24N2O2. The van der Waals surface area contributed by atoms with E-state index in [1.165, 1.54) is 0 Å². The van der Waals surface area contributed by atoms with E-state index < -0.39 is 0 Å². The summed E-state index contributed by atoms with van der Waals surface area (Å²) in [4.78, 5) is 12.8. The first-order valence-corrected chi connectivity index (χ1v) is 8.73. The number of carbonyl (C=O) groups excluding carboxylic acids is 1. The van der Waals surface area contributed by atoms with Gasteiger partial charge < -0.3 is 16.2 Å². The Bertz CT molecular complexity index is 829. The van der Waals surface area contributed by atoms with Gasteiger partial charge in [-0.25, -0.2) is 4.79 Å². The van der Waals surface area contributed by atoms with Crippen molar-refractivity contribution in [2.75, 3.05) is 18.1 Å². The summed E-state index contributed by atoms with van der Waals surface area (Å²) in [6.45, 7) is 12.3. The molecule has 0 aromatic heterocycles. The van der Waals surface area contributed by atoms with Gasteiger partial charge in [0.2, 0.25) is 0 Å². The average molecular weight is 336 g/mol. The fourth-order valence-electron chi connectivity index (χ4n) is 5.86. The van der Waals surface area contributed by atoms with Crippen LogP contribution in [0.5, 0.6) is 0 Å². The van der Waals surface area contributed by atoms with Crippen LogP contribution in [-0.2, 0) is 16.6 Å². The van der Waals surface area contributed by atoms with Gasteiger partial charge in [-0.05, 0) is 36.8 Å². The molecule has 25 heavy (non-hydrogen) atoms. The van der Waals surface area contributed by atoms with Gasteiger partial charge in [-0.15, -0.1) is 19.7 Å². The maximum atomic E-state index is 12.8. The molecule has 130 valence electrons. The van der Waals surface area contributed by atoms with Crippen LogP contribution in [0.3, 0.4) is 0 Å². The number of nitrogens with two attached hydrogens (primary N) is 2. The van der Waals surface area contributed by atoms with E-state index in [0.717, 1.165) is 42.4 Å². The van der Waals surface area contributed by atoms with Crippen molar-refractivity contribution in [3.8, 4) is 0 Å². The lowest BCUT2D eigenvalue weighted by molar-refractivity contribution is -0.0108. The predicted octanol–water partition coefficient (Wildman–Crippen LogP) is 3.63. The molecule has 4 nitrogen and oxygen atoms in total. The van der Waals surface area contributed by atoms with E-state index in [2.05, 4.69) is 19.7 Å². The Balaban J connectivity index is 2.18. The van der Waals surface area contributed by atoms with Crippen LogP contribution in [0.15, 0.2) is 38.0 Å². The lowest BCUT2D eigenvalue weighted by Gasteiger charge is -2.60. The largest absolute Gasteiger partial charge is 0.461 e. The van der Waals surface area contributed by atoms with Crippen molar-refractivity contribution in [3.63, 3.8) is 0 Å². The molecule has 2 aliphatic heterocycles. The Morgan fingerprint density at radius 3 is 2.40 bits per heavy atom. The topological polar surface area (TPSA) is 78.3 Å². The zero-order chi connectivity index (χ0) is 18.0. The number of fused-ring (bicyclic) bond motifs is 2. The van der Waals surface area contributed by atoms with E-state index in [0.29, 0.717) is 23.5 Å². The third-order valence-corrected chi connectivity index (χ3v) is 6.72. The number of allylic oxidation sites excluding steroid dienone is 3. The number of anilines is 2. The van der Waals surface area contributed by atoms with Crippen molar-refractivity contribution in [2.24, 2.45) is 5.41 Å². The van der Waals surface area contributed by atoms with Crippen LogP contribution in [0.2, 0.25) is 0 Å². The fourth-order valence-corrected chi connectivity index (χ4v) is 5.86. The molecule has 0 saturated heterocycles. The summed E-state index contributed by atoms with van der Waals surface area (Å²) in [6.07, 6.45) is 8.70. The molecule has 1 aromatic carbocycles. The number of hydrogen-bond acceptors (Lipinski definition) is 4. The number of rotatable bonds is 6. The smallest absolute Gasteiger partial charge is 0.338 e. The van der Waals surface area contributed by atoms with Crippen LogP contribution in [0, 0.1) is 5.41 Å². The van der Waals surface area contributed by atoms with E-state index in [9.17, 15) is 4.79 Å². The second kappa shape index (κ2) is 5.01. The zero-order valence-corrected chi connectivity index (χ0v) is 14.4. The first-order valence-electron chi connectivity index (χ1n) is 8.73. The van der Waals surface area contributed by atoms with Gasteiger partial charge in [0.25, 0.3) is 0 Å². The molecule has 2 unspecified atom stereocenters. The highest BCUT2D eigenvalue weighted by atomic mass is 16.5. The molecule has 3 aliphatic carbocycles. The Labute approximate surface area is 148 Å². The summed E-state index contributed by atoms with van der Waals surface area (Å²) in [7, 11) is 0. The molecule has 0 amide bonds. The molecule has 0 saturated carbocycles. The van der Waals surface area contributed by atoms with Gasteiger partial charge in [-0.1, -0.05) is 18.2 Å². The van der Waals surface area contributed by atoms with Crippen LogP contribution >= 0.6 is 0 Å². The molecule has 1 aromatic rings. The minimum atomic E-state index is -0.330. The van der Waals surface area contributed by atoms with Crippen molar-refractivity contribution in [3.05, 3.63) is 60.2 Å². The van der Waals surface area contributed by atoms with Crippen LogP contribution in [0.4, 0.5) is 11.4 Å². The minimum absolute atomic E-state index is 0.0878. The molecule has 1 spiro atoms. The molecule has 2 heterocycles. The van der Waals surface area contributed by atoms with E-state index >= 15 is 0 Å². The molecule has 0 fully saturated rings. The van der Waals surface area contributed by atoms with Crippen LogP contribution in [0.1, 0.15) is 52.2 Å². The zero-order valence-electron chi connectivity index (χ0n) is 14.4. The van der Waals surface area contributed by atoms with Gasteiger partial charge in [-0.3, -0.25) is 0 Å². The van der Waals surface area contributed by atoms with Crippen LogP contribution in [-0.4, -0.2) is 12.6 Å². The van der Waals surface area contributed by atoms with Gasteiger partial charge in [0.1, 0.15) is 0 Å². The molecule has 4 N–H and O–H groups in total.